The minimum atomic E-state index is 0.194. The molecule has 1 fully saturated rings. The van der Waals surface area contributed by atoms with Crippen LogP contribution in [0.25, 0.3) is 0 Å². The number of benzene rings is 1. The van der Waals surface area contributed by atoms with Gasteiger partial charge in [-0.2, -0.15) is 0 Å². The minimum Gasteiger partial charge on any atom is -0.362 e. The van der Waals surface area contributed by atoms with E-state index in [1.54, 1.807) is 7.11 Å². The maximum Gasteiger partial charge on any atom is 0.253 e. The van der Waals surface area contributed by atoms with Gasteiger partial charge in [0.25, 0.3) is 5.91 Å². The Kier molecular flexibility index (Phi) is 4.25. The van der Waals surface area contributed by atoms with Crippen LogP contribution in [0, 0.1) is 0 Å². The van der Waals surface area contributed by atoms with E-state index in [1.165, 1.54) is 29.7 Å². The zero-order valence-corrected chi connectivity index (χ0v) is 14.9. The molecule has 2 aliphatic heterocycles. The van der Waals surface area contributed by atoms with E-state index in [-0.39, 0.29) is 12.1 Å². The number of carbonyl (C=O) groups is 1. The fourth-order valence-electron chi connectivity index (χ4n) is 4.81. The minimum absolute atomic E-state index is 0.194. The fourth-order valence-corrected chi connectivity index (χ4v) is 4.81. The second-order valence-electron chi connectivity index (χ2n) is 7.52. The molecule has 4 rings (SSSR count). The zero-order valence-electron chi connectivity index (χ0n) is 14.9. The molecule has 1 saturated carbocycles. The molecule has 0 saturated heterocycles. The molecule has 1 aromatic rings. The summed E-state index contributed by atoms with van der Waals surface area (Å²) in [5.41, 5.74) is 4.91. The Bertz CT molecular complexity index is 620. The van der Waals surface area contributed by atoms with Gasteiger partial charge in [-0.1, -0.05) is 12.8 Å². The van der Waals surface area contributed by atoms with Crippen molar-refractivity contribution in [3.8, 4) is 0 Å². The maximum absolute atomic E-state index is 13.0. The van der Waals surface area contributed by atoms with Gasteiger partial charge in [0.1, 0.15) is 6.23 Å². The first-order valence-electron chi connectivity index (χ1n) is 9.41. The number of ether oxygens (including phenoxy) is 1. The molecule has 24 heavy (non-hydrogen) atoms. The molecule has 4 heteroatoms. The Balaban J connectivity index is 1.66. The third-order valence-electron chi connectivity index (χ3n) is 6.12. The van der Waals surface area contributed by atoms with Crippen molar-refractivity contribution in [2.75, 3.05) is 25.6 Å². The van der Waals surface area contributed by atoms with Crippen molar-refractivity contribution in [2.45, 2.75) is 63.6 Å². The smallest absolute Gasteiger partial charge is 0.253 e. The Labute approximate surface area is 144 Å². The van der Waals surface area contributed by atoms with E-state index < -0.39 is 0 Å². The van der Waals surface area contributed by atoms with Gasteiger partial charge in [0, 0.05) is 38.0 Å². The number of hydrogen-bond donors (Lipinski definition) is 0. The van der Waals surface area contributed by atoms with Crippen molar-refractivity contribution in [2.24, 2.45) is 0 Å². The summed E-state index contributed by atoms with van der Waals surface area (Å²) in [6, 6.07) is 4.73. The first-order valence-corrected chi connectivity index (χ1v) is 9.41. The Hall–Kier alpha value is -1.55. The van der Waals surface area contributed by atoms with Crippen LogP contribution >= 0.6 is 0 Å². The molecule has 130 valence electrons. The third-order valence-corrected chi connectivity index (χ3v) is 6.12. The summed E-state index contributed by atoms with van der Waals surface area (Å²) in [5.74, 6) is 0.201. The van der Waals surface area contributed by atoms with Gasteiger partial charge in [0.05, 0.1) is 0 Å². The van der Waals surface area contributed by atoms with Gasteiger partial charge in [-0.15, -0.1) is 0 Å². The molecule has 1 unspecified atom stereocenters. The standard InChI is InChI=1S/C20H28N2O2/c1-21(17-7-3-4-8-17)20(23)16-12-14-6-5-11-22-18(24-2)10-9-15(13-16)19(14)22/h12-13,17-18H,3-11H2,1-2H3. The molecule has 1 aliphatic carbocycles. The SMILES string of the molecule is COC1CCc2cc(C(=O)N(C)C3CCCC3)cc3c2N1CCC3. The quantitative estimate of drug-likeness (QED) is 0.853. The average Bonchev–Trinajstić information content (AvgIpc) is 3.15. The van der Waals surface area contributed by atoms with Crippen LogP contribution in [0.1, 0.15) is 60.0 Å². The van der Waals surface area contributed by atoms with Crippen LogP contribution in [0.15, 0.2) is 12.1 Å². The number of anilines is 1. The Morgan fingerprint density at radius 3 is 2.54 bits per heavy atom. The summed E-state index contributed by atoms with van der Waals surface area (Å²) in [6.07, 6.45) is 9.25. The van der Waals surface area contributed by atoms with E-state index in [1.807, 2.05) is 11.9 Å². The number of aryl methyl sites for hydroxylation is 2. The van der Waals surface area contributed by atoms with Crippen LogP contribution in [0.3, 0.4) is 0 Å². The fraction of sp³-hybridized carbons (Fsp3) is 0.650. The molecule has 2 heterocycles. The molecule has 1 atom stereocenters. The number of rotatable bonds is 3. The molecular weight excluding hydrogens is 300 g/mol. The van der Waals surface area contributed by atoms with Crippen molar-refractivity contribution < 1.29 is 9.53 Å². The largest absolute Gasteiger partial charge is 0.362 e. The molecule has 1 aromatic carbocycles. The molecule has 1 amide bonds. The van der Waals surface area contributed by atoms with Gasteiger partial charge in [0.2, 0.25) is 0 Å². The number of hydrogen-bond acceptors (Lipinski definition) is 3. The molecular formula is C20H28N2O2. The summed E-state index contributed by atoms with van der Waals surface area (Å²) in [4.78, 5) is 17.4. The van der Waals surface area contributed by atoms with Crippen LogP contribution < -0.4 is 4.90 Å². The van der Waals surface area contributed by atoms with E-state index in [9.17, 15) is 4.79 Å². The average molecular weight is 328 g/mol. The van der Waals surface area contributed by atoms with E-state index >= 15 is 0 Å². The van der Waals surface area contributed by atoms with Gasteiger partial charge in [-0.25, -0.2) is 0 Å². The van der Waals surface area contributed by atoms with Crippen LogP contribution in [-0.4, -0.2) is 43.8 Å². The maximum atomic E-state index is 13.0. The van der Waals surface area contributed by atoms with Crippen molar-refractivity contribution >= 4 is 11.6 Å². The summed E-state index contributed by atoms with van der Waals surface area (Å²) in [5, 5.41) is 0. The molecule has 3 aliphatic rings. The highest BCUT2D eigenvalue weighted by Gasteiger charge is 2.32. The lowest BCUT2D eigenvalue weighted by molar-refractivity contribution is 0.0734. The Morgan fingerprint density at radius 2 is 1.83 bits per heavy atom. The first kappa shape index (κ1) is 15.9. The zero-order chi connectivity index (χ0) is 16.7. The van der Waals surface area contributed by atoms with E-state index in [4.69, 9.17) is 4.74 Å². The summed E-state index contributed by atoms with van der Waals surface area (Å²) < 4.78 is 5.67. The lowest BCUT2D eigenvalue weighted by atomic mass is 9.89. The lowest BCUT2D eigenvalue weighted by Crippen LogP contribution is -2.44. The topological polar surface area (TPSA) is 32.8 Å². The summed E-state index contributed by atoms with van der Waals surface area (Å²) >= 11 is 0. The van der Waals surface area contributed by atoms with Crippen LogP contribution in [0.4, 0.5) is 5.69 Å². The van der Waals surface area contributed by atoms with E-state index in [2.05, 4.69) is 17.0 Å². The predicted octanol–water partition coefficient (Wildman–Crippen LogP) is 3.37. The number of amides is 1. The first-order chi connectivity index (χ1) is 11.7. The normalized spacial score (nSPS) is 23.2. The highest BCUT2D eigenvalue weighted by atomic mass is 16.5. The predicted molar refractivity (Wildman–Crippen MR) is 95.6 cm³/mol. The van der Waals surface area contributed by atoms with Gasteiger partial charge in [-0.3, -0.25) is 4.79 Å². The van der Waals surface area contributed by atoms with Gasteiger partial charge >= 0.3 is 0 Å². The Morgan fingerprint density at radius 1 is 1.12 bits per heavy atom. The highest BCUT2D eigenvalue weighted by molar-refractivity contribution is 5.95. The van der Waals surface area contributed by atoms with Gasteiger partial charge in [0.15, 0.2) is 0 Å². The van der Waals surface area contributed by atoms with E-state index in [0.717, 1.165) is 50.6 Å². The second-order valence-corrected chi connectivity index (χ2v) is 7.52. The number of carbonyl (C=O) groups excluding carboxylic acids is 1. The van der Waals surface area contributed by atoms with Crippen molar-refractivity contribution in [3.63, 3.8) is 0 Å². The van der Waals surface area contributed by atoms with Crippen LogP contribution in [0.5, 0.6) is 0 Å². The van der Waals surface area contributed by atoms with Crippen molar-refractivity contribution in [3.05, 3.63) is 28.8 Å². The van der Waals surface area contributed by atoms with Gasteiger partial charge in [-0.05, 0) is 61.8 Å². The highest BCUT2D eigenvalue weighted by Crippen LogP contribution is 2.39. The van der Waals surface area contributed by atoms with Gasteiger partial charge < -0.3 is 14.5 Å². The molecule has 4 nitrogen and oxygen atoms in total. The van der Waals surface area contributed by atoms with Crippen molar-refractivity contribution in [1.82, 2.24) is 4.90 Å². The van der Waals surface area contributed by atoms with Crippen LogP contribution in [0.2, 0.25) is 0 Å². The van der Waals surface area contributed by atoms with E-state index in [0.29, 0.717) is 6.04 Å². The second kappa shape index (κ2) is 6.40. The number of methoxy groups -OCH3 is 1. The number of nitrogens with zero attached hydrogens (tertiary/aromatic N) is 2. The van der Waals surface area contributed by atoms with Crippen LogP contribution in [-0.2, 0) is 17.6 Å². The summed E-state index contributed by atoms with van der Waals surface area (Å²) in [6.45, 7) is 1.06. The third kappa shape index (κ3) is 2.61. The molecule has 0 spiro atoms. The lowest BCUT2D eigenvalue weighted by Gasteiger charge is -2.42. The summed E-state index contributed by atoms with van der Waals surface area (Å²) in [7, 11) is 3.79. The van der Waals surface area contributed by atoms with Crippen molar-refractivity contribution in [1.29, 1.82) is 0 Å². The molecule has 0 bridgehead atoms. The monoisotopic (exact) mass is 328 g/mol. The molecule has 0 aromatic heterocycles. The molecule has 0 N–H and O–H groups in total. The molecule has 0 radical (unpaired) electrons.